The molecule has 0 atom stereocenters. The highest BCUT2D eigenvalue weighted by molar-refractivity contribution is 6.03. The summed E-state index contributed by atoms with van der Waals surface area (Å²) < 4.78 is 0. The van der Waals surface area contributed by atoms with Crippen molar-refractivity contribution in [1.82, 2.24) is 0 Å². The van der Waals surface area contributed by atoms with E-state index in [2.05, 4.69) is 13.8 Å². The van der Waals surface area contributed by atoms with Crippen LogP contribution in [0, 0.1) is 0 Å². The van der Waals surface area contributed by atoms with E-state index >= 15 is 0 Å². The molecule has 4 nitrogen and oxygen atoms in total. The highest BCUT2D eigenvalue weighted by Gasteiger charge is 2.22. The van der Waals surface area contributed by atoms with Crippen molar-refractivity contribution in [2.45, 2.75) is 97.3 Å². The molecule has 4 heteroatoms. The van der Waals surface area contributed by atoms with E-state index < -0.39 is 11.9 Å². The number of rotatable bonds is 15. The van der Waals surface area contributed by atoms with Gasteiger partial charge in [0.05, 0.1) is 11.1 Å². The molecule has 1 aromatic rings. The number of aromatic carboxylic acids is 2. The molecule has 27 heavy (non-hydrogen) atoms. The van der Waals surface area contributed by atoms with E-state index in [0.29, 0.717) is 6.42 Å². The normalized spacial score (nSPS) is 10.9. The Balaban J connectivity index is 2.91. The Morgan fingerprint density at radius 1 is 0.704 bits per heavy atom. The third-order valence-electron chi connectivity index (χ3n) is 5.18. The van der Waals surface area contributed by atoms with Gasteiger partial charge in [-0.3, -0.25) is 0 Å². The molecule has 0 radical (unpaired) electrons. The third kappa shape index (κ3) is 8.15. The number of unbranched alkanes of at least 4 members (excludes halogenated alkanes) is 9. The van der Waals surface area contributed by atoms with Crippen LogP contribution >= 0.6 is 0 Å². The summed E-state index contributed by atoms with van der Waals surface area (Å²) in [6, 6.07) is 3.31. The van der Waals surface area contributed by atoms with Crippen LogP contribution in [0.3, 0.4) is 0 Å². The number of carbonyl (C=O) groups is 2. The first kappa shape index (κ1) is 23.2. The number of carboxylic acids is 2. The van der Waals surface area contributed by atoms with Crippen LogP contribution in [0.15, 0.2) is 12.1 Å². The van der Waals surface area contributed by atoms with Crippen LogP contribution in [0.4, 0.5) is 0 Å². The van der Waals surface area contributed by atoms with E-state index in [9.17, 15) is 19.8 Å². The van der Waals surface area contributed by atoms with Gasteiger partial charge >= 0.3 is 11.9 Å². The zero-order valence-electron chi connectivity index (χ0n) is 17.1. The van der Waals surface area contributed by atoms with E-state index in [1.54, 1.807) is 0 Å². The number of aryl methyl sites for hydroxylation is 1. The SMILES string of the molecule is CCCCCCCCc1c(CCCCCCC)ccc(C(=O)O)c1C(=O)O. The molecule has 0 aromatic heterocycles. The minimum atomic E-state index is -1.16. The number of hydrogen-bond acceptors (Lipinski definition) is 2. The predicted molar refractivity (Wildman–Crippen MR) is 110 cm³/mol. The standard InChI is InChI=1S/C23H36O4/c1-3-5-7-9-11-13-15-19-18(14-12-10-8-6-4-2)16-17-20(22(24)25)21(19)23(26)27/h16-17H,3-15H2,1-2H3,(H,24,25)(H,26,27). The maximum Gasteiger partial charge on any atom is 0.336 e. The molecular weight excluding hydrogens is 340 g/mol. The second kappa shape index (κ2) is 13.3. The van der Waals surface area contributed by atoms with Crippen molar-refractivity contribution in [3.63, 3.8) is 0 Å². The van der Waals surface area contributed by atoms with Crippen molar-refractivity contribution in [3.05, 3.63) is 34.4 Å². The quantitative estimate of drug-likeness (QED) is 0.343. The first-order valence-corrected chi connectivity index (χ1v) is 10.6. The monoisotopic (exact) mass is 376 g/mol. The van der Waals surface area contributed by atoms with Crippen LogP contribution in [-0.2, 0) is 12.8 Å². The van der Waals surface area contributed by atoms with Crippen LogP contribution in [0.1, 0.15) is 116 Å². The Hall–Kier alpha value is -1.84. The van der Waals surface area contributed by atoms with Gasteiger partial charge in [0.15, 0.2) is 0 Å². The lowest BCUT2D eigenvalue weighted by molar-refractivity contribution is 0.0650. The van der Waals surface area contributed by atoms with Crippen molar-refractivity contribution in [2.75, 3.05) is 0 Å². The van der Waals surface area contributed by atoms with Crippen molar-refractivity contribution in [2.24, 2.45) is 0 Å². The maximum absolute atomic E-state index is 11.8. The topological polar surface area (TPSA) is 74.6 Å². The molecule has 0 heterocycles. The van der Waals surface area contributed by atoms with E-state index in [1.165, 1.54) is 44.6 Å². The van der Waals surface area contributed by atoms with Crippen molar-refractivity contribution >= 4 is 11.9 Å². The van der Waals surface area contributed by atoms with Gasteiger partial charge in [-0.2, -0.15) is 0 Å². The lowest BCUT2D eigenvalue weighted by Crippen LogP contribution is -2.14. The van der Waals surface area contributed by atoms with Gasteiger partial charge < -0.3 is 10.2 Å². The molecule has 0 saturated carbocycles. The summed E-state index contributed by atoms with van der Waals surface area (Å²) in [5.41, 5.74) is 1.68. The van der Waals surface area contributed by atoms with E-state index in [4.69, 9.17) is 0 Å². The van der Waals surface area contributed by atoms with Crippen LogP contribution in [-0.4, -0.2) is 22.2 Å². The Morgan fingerprint density at radius 3 is 1.74 bits per heavy atom. The first-order valence-electron chi connectivity index (χ1n) is 10.6. The molecule has 0 bridgehead atoms. The molecule has 0 amide bonds. The van der Waals surface area contributed by atoms with Crippen LogP contribution < -0.4 is 0 Å². The Bertz CT molecular complexity index is 592. The van der Waals surface area contributed by atoms with E-state index in [-0.39, 0.29) is 11.1 Å². The molecular formula is C23H36O4. The van der Waals surface area contributed by atoms with Gasteiger partial charge in [-0.25, -0.2) is 9.59 Å². The molecule has 0 aliphatic rings. The summed E-state index contributed by atoms with van der Waals surface area (Å²) in [7, 11) is 0. The highest BCUT2D eigenvalue weighted by Crippen LogP contribution is 2.25. The van der Waals surface area contributed by atoms with Crippen LogP contribution in [0.2, 0.25) is 0 Å². The van der Waals surface area contributed by atoms with Gasteiger partial charge in [-0.1, -0.05) is 77.7 Å². The molecule has 1 rings (SSSR count). The first-order chi connectivity index (χ1) is 13.0. The van der Waals surface area contributed by atoms with Crippen molar-refractivity contribution in [1.29, 1.82) is 0 Å². The van der Waals surface area contributed by atoms with Gasteiger partial charge in [0.25, 0.3) is 0 Å². The summed E-state index contributed by atoms with van der Waals surface area (Å²) in [5, 5.41) is 19.1. The Morgan fingerprint density at radius 2 is 1.22 bits per heavy atom. The van der Waals surface area contributed by atoms with E-state index in [0.717, 1.165) is 49.7 Å². The fraction of sp³-hybridized carbons (Fsp3) is 0.652. The largest absolute Gasteiger partial charge is 0.478 e. The summed E-state index contributed by atoms with van der Waals surface area (Å²) in [5.74, 6) is -2.28. The second-order valence-corrected chi connectivity index (χ2v) is 7.42. The minimum absolute atomic E-state index is 0.00196. The molecule has 0 unspecified atom stereocenters. The van der Waals surface area contributed by atoms with Crippen molar-refractivity contribution < 1.29 is 19.8 Å². The average molecular weight is 377 g/mol. The molecule has 0 aliphatic heterocycles. The summed E-state index contributed by atoms with van der Waals surface area (Å²) >= 11 is 0. The number of carboxylic acid groups (broad SMARTS) is 2. The second-order valence-electron chi connectivity index (χ2n) is 7.42. The van der Waals surface area contributed by atoms with Crippen LogP contribution in [0.25, 0.3) is 0 Å². The summed E-state index contributed by atoms with van der Waals surface area (Å²) in [6.45, 7) is 4.37. The summed E-state index contributed by atoms with van der Waals surface area (Å²) in [6.07, 6.45) is 14.0. The zero-order valence-corrected chi connectivity index (χ0v) is 17.1. The molecule has 0 fully saturated rings. The van der Waals surface area contributed by atoms with Gasteiger partial charge in [0.1, 0.15) is 0 Å². The van der Waals surface area contributed by atoms with Gasteiger partial charge in [-0.15, -0.1) is 0 Å². The Kier molecular flexibility index (Phi) is 11.5. The molecule has 152 valence electrons. The summed E-state index contributed by atoms with van der Waals surface area (Å²) in [4.78, 5) is 23.3. The molecule has 2 N–H and O–H groups in total. The molecule has 0 spiro atoms. The predicted octanol–water partition coefficient (Wildman–Crippen LogP) is 6.50. The van der Waals surface area contributed by atoms with Gasteiger partial charge in [0.2, 0.25) is 0 Å². The minimum Gasteiger partial charge on any atom is -0.478 e. The fourth-order valence-corrected chi connectivity index (χ4v) is 3.63. The highest BCUT2D eigenvalue weighted by atomic mass is 16.4. The van der Waals surface area contributed by atoms with Crippen molar-refractivity contribution in [3.8, 4) is 0 Å². The number of benzene rings is 1. The smallest absolute Gasteiger partial charge is 0.336 e. The average Bonchev–Trinajstić information content (AvgIpc) is 2.64. The van der Waals surface area contributed by atoms with Crippen LogP contribution in [0.5, 0.6) is 0 Å². The fourth-order valence-electron chi connectivity index (χ4n) is 3.63. The van der Waals surface area contributed by atoms with Gasteiger partial charge in [-0.05, 0) is 42.9 Å². The third-order valence-corrected chi connectivity index (χ3v) is 5.18. The Labute approximate surface area is 164 Å². The maximum atomic E-state index is 11.8. The van der Waals surface area contributed by atoms with Gasteiger partial charge in [0, 0.05) is 0 Å². The number of hydrogen-bond donors (Lipinski definition) is 2. The lowest BCUT2D eigenvalue weighted by Gasteiger charge is -2.15. The lowest BCUT2D eigenvalue weighted by atomic mass is 9.89. The molecule has 0 aliphatic carbocycles. The molecule has 0 saturated heterocycles. The van der Waals surface area contributed by atoms with E-state index in [1.807, 2.05) is 6.07 Å². The molecule has 1 aromatic carbocycles. The zero-order chi connectivity index (χ0) is 20.1.